The lowest BCUT2D eigenvalue weighted by Crippen LogP contribution is -2.43. The minimum atomic E-state index is -0.0637. The maximum atomic E-state index is 12.6. The fourth-order valence-corrected chi connectivity index (χ4v) is 3.07. The number of amides is 1. The van der Waals surface area contributed by atoms with Crippen LogP contribution in [0, 0.1) is 5.92 Å². The van der Waals surface area contributed by atoms with Crippen molar-refractivity contribution in [2.75, 3.05) is 6.61 Å². The van der Waals surface area contributed by atoms with Gasteiger partial charge >= 0.3 is 0 Å². The molecule has 138 valence electrons. The molecule has 2 aromatic rings. The molecule has 0 radical (unpaired) electrons. The van der Waals surface area contributed by atoms with Gasteiger partial charge in [0.25, 0.3) is 5.91 Å². The number of rotatable bonds is 6. The van der Waals surface area contributed by atoms with Crippen molar-refractivity contribution in [3.8, 4) is 5.75 Å². The third-order valence-corrected chi connectivity index (χ3v) is 4.62. The number of carbonyl (C=O) groups is 1. The minimum Gasteiger partial charge on any atom is -0.489 e. The number of ether oxygens (including phenoxy) is 2. The Hall–Kier alpha value is -2.40. The van der Waals surface area contributed by atoms with Crippen molar-refractivity contribution in [2.24, 2.45) is 5.92 Å². The Labute approximate surface area is 154 Å². The van der Waals surface area contributed by atoms with Crippen LogP contribution in [0.25, 0.3) is 0 Å². The zero-order valence-electron chi connectivity index (χ0n) is 15.4. The molecule has 2 unspecified atom stereocenters. The van der Waals surface area contributed by atoms with Gasteiger partial charge in [0, 0.05) is 36.2 Å². The van der Waals surface area contributed by atoms with Crippen LogP contribution in [-0.4, -0.2) is 29.6 Å². The van der Waals surface area contributed by atoms with Crippen LogP contribution >= 0.6 is 0 Å². The Balaban J connectivity index is 1.57. The van der Waals surface area contributed by atoms with Crippen molar-refractivity contribution < 1.29 is 14.3 Å². The lowest BCUT2D eigenvalue weighted by molar-refractivity contribution is -0.0233. The maximum Gasteiger partial charge on any atom is 0.251 e. The standard InChI is InChI=1S/C21H26N2O3/c1-15(2)20-12-18(8-10-25-20)23-21(24)17-6-3-7-19(11-17)26-14-16-5-4-9-22-13-16/h3-7,9,11,13,15,18,20H,8,10,12,14H2,1-2H3,(H,23,24). The number of carbonyl (C=O) groups excluding carboxylic acids is 1. The highest BCUT2D eigenvalue weighted by atomic mass is 16.5. The second kappa shape index (κ2) is 8.81. The number of nitrogens with one attached hydrogen (secondary N) is 1. The van der Waals surface area contributed by atoms with Gasteiger partial charge in [-0.1, -0.05) is 26.0 Å². The molecule has 1 saturated heterocycles. The molecule has 1 N–H and O–H groups in total. The molecular formula is C21H26N2O3. The first kappa shape index (κ1) is 18.4. The summed E-state index contributed by atoms with van der Waals surface area (Å²) in [5.41, 5.74) is 1.60. The Morgan fingerprint density at radius 3 is 3.00 bits per heavy atom. The number of benzene rings is 1. The highest BCUT2D eigenvalue weighted by molar-refractivity contribution is 5.94. The summed E-state index contributed by atoms with van der Waals surface area (Å²) in [5, 5.41) is 3.14. The monoisotopic (exact) mass is 354 g/mol. The first-order valence-electron chi connectivity index (χ1n) is 9.16. The summed E-state index contributed by atoms with van der Waals surface area (Å²) < 4.78 is 11.6. The molecule has 0 spiro atoms. The molecule has 3 rings (SSSR count). The van der Waals surface area contributed by atoms with Crippen LogP contribution in [0.4, 0.5) is 0 Å². The predicted molar refractivity (Wildman–Crippen MR) is 100 cm³/mol. The quantitative estimate of drug-likeness (QED) is 0.861. The van der Waals surface area contributed by atoms with Gasteiger partial charge in [-0.3, -0.25) is 9.78 Å². The van der Waals surface area contributed by atoms with E-state index in [1.165, 1.54) is 0 Å². The van der Waals surface area contributed by atoms with Crippen molar-refractivity contribution in [2.45, 2.75) is 45.4 Å². The van der Waals surface area contributed by atoms with Gasteiger partial charge in [0.05, 0.1) is 6.10 Å². The molecule has 1 fully saturated rings. The summed E-state index contributed by atoms with van der Waals surface area (Å²) >= 11 is 0. The summed E-state index contributed by atoms with van der Waals surface area (Å²) in [6.07, 6.45) is 5.43. The molecule has 5 nitrogen and oxygen atoms in total. The van der Waals surface area contributed by atoms with E-state index < -0.39 is 0 Å². The number of nitrogens with zero attached hydrogens (tertiary/aromatic N) is 1. The van der Waals surface area contributed by atoms with E-state index in [0.717, 1.165) is 18.4 Å². The van der Waals surface area contributed by atoms with Gasteiger partial charge < -0.3 is 14.8 Å². The Morgan fingerprint density at radius 2 is 2.23 bits per heavy atom. The Morgan fingerprint density at radius 1 is 1.35 bits per heavy atom. The van der Waals surface area contributed by atoms with Crippen LogP contribution in [0.15, 0.2) is 48.8 Å². The SMILES string of the molecule is CC(C)C1CC(NC(=O)c2cccc(OCc3cccnc3)c2)CCO1. The molecule has 1 amide bonds. The molecule has 1 aromatic carbocycles. The van der Waals surface area contributed by atoms with E-state index in [1.54, 1.807) is 18.5 Å². The maximum absolute atomic E-state index is 12.6. The highest BCUT2D eigenvalue weighted by Crippen LogP contribution is 2.21. The summed E-state index contributed by atoms with van der Waals surface area (Å²) in [5.74, 6) is 1.07. The van der Waals surface area contributed by atoms with Crippen molar-refractivity contribution in [3.63, 3.8) is 0 Å². The first-order valence-corrected chi connectivity index (χ1v) is 9.16. The van der Waals surface area contributed by atoms with Gasteiger partial charge in [0.2, 0.25) is 0 Å². The average Bonchev–Trinajstić information content (AvgIpc) is 2.67. The van der Waals surface area contributed by atoms with E-state index in [2.05, 4.69) is 24.1 Å². The Kier molecular flexibility index (Phi) is 6.23. The van der Waals surface area contributed by atoms with Gasteiger partial charge in [-0.05, 0) is 43.0 Å². The lowest BCUT2D eigenvalue weighted by Gasteiger charge is -2.32. The van der Waals surface area contributed by atoms with E-state index in [4.69, 9.17) is 9.47 Å². The van der Waals surface area contributed by atoms with Gasteiger partial charge in [-0.2, -0.15) is 0 Å². The van der Waals surface area contributed by atoms with Gasteiger partial charge in [-0.25, -0.2) is 0 Å². The number of hydrogen-bond acceptors (Lipinski definition) is 4. The topological polar surface area (TPSA) is 60.5 Å². The fraction of sp³-hybridized carbons (Fsp3) is 0.429. The molecule has 1 aromatic heterocycles. The molecule has 26 heavy (non-hydrogen) atoms. The average molecular weight is 354 g/mol. The number of pyridine rings is 1. The predicted octanol–water partition coefficient (Wildman–Crippen LogP) is 3.59. The number of hydrogen-bond donors (Lipinski definition) is 1. The number of aromatic nitrogens is 1. The third-order valence-electron chi connectivity index (χ3n) is 4.62. The van der Waals surface area contributed by atoms with E-state index in [-0.39, 0.29) is 18.1 Å². The van der Waals surface area contributed by atoms with Crippen LogP contribution in [0.5, 0.6) is 5.75 Å². The molecule has 0 aliphatic carbocycles. The van der Waals surface area contributed by atoms with Crippen molar-refractivity contribution in [1.29, 1.82) is 0 Å². The smallest absolute Gasteiger partial charge is 0.251 e. The molecule has 2 heterocycles. The molecular weight excluding hydrogens is 328 g/mol. The minimum absolute atomic E-state index is 0.0637. The molecule has 1 aliphatic rings. The zero-order valence-corrected chi connectivity index (χ0v) is 15.4. The lowest BCUT2D eigenvalue weighted by atomic mass is 9.95. The van der Waals surface area contributed by atoms with Crippen molar-refractivity contribution in [3.05, 3.63) is 59.9 Å². The van der Waals surface area contributed by atoms with E-state index in [0.29, 0.717) is 30.4 Å². The first-order chi connectivity index (χ1) is 12.6. The van der Waals surface area contributed by atoms with Crippen LogP contribution in [0.1, 0.15) is 42.6 Å². The normalized spacial score (nSPS) is 20.0. The summed E-state index contributed by atoms with van der Waals surface area (Å²) in [6.45, 7) is 5.42. The zero-order chi connectivity index (χ0) is 18.4. The largest absolute Gasteiger partial charge is 0.489 e. The summed E-state index contributed by atoms with van der Waals surface area (Å²) in [7, 11) is 0. The molecule has 2 atom stereocenters. The molecule has 0 bridgehead atoms. The molecule has 5 heteroatoms. The third kappa shape index (κ3) is 5.05. The van der Waals surface area contributed by atoms with Crippen LogP contribution < -0.4 is 10.1 Å². The van der Waals surface area contributed by atoms with Crippen molar-refractivity contribution in [1.82, 2.24) is 10.3 Å². The summed E-state index contributed by atoms with van der Waals surface area (Å²) in [4.78, 5) is 16.7. The highest BCUT2D eigenvalue weighted by Gasteiger charge is 2.26. The van der Waals surface area contributed by atoms with Gasteiger partial charge in [0.1, 0.15) is 12.4 Å². The second-order valence-corrected chi connectivity index (χ2v) is 7.03. The van der Waals surface area contributed by atoms with E-state index in [1.807, 2.05) is 30.3 Å². The van der Waals surface area contributed by atoms with E-state index in [9.17, 15) is 4.79 Å². The molecule has 1 aliphatic heterocycles. The second-order valence-electron chi connectivity index (χ2n) is 7.03. The van der Waals surface area contributed by atoms with Crippen LogP contribution in [0.2, 0.25) is 0 Å². The fourth-order valence-electron chi connectivity index (χ4n) is 3.07. The van der Waals surface area contributed by atoms with Crippen molar-refractivity contribution >= 4 is 5.91 Å². The van der Waals surface area contributed by atoms with E-state index >= 15 is 0 Å². The Bertz CT molecular complexity index is 718. The summed E-state index contributed by atoms with van der Waals surface area (Å²) in [6, 6.07) is 11.3. The molecule has 0 saturated carbocycles. The van der Waals surface area contributed by atoms with Crippen LogP contribution in [0.3, 0.4) is 0 Å². The van der Waals surface area contributed by atoms with Crippen LogP contribution in [-0.2, 0) is 11.3 Å². The van der Waals surface area contributed by atoms with Gasteiger partial charge in [0.15, 0.2) is 0 Å². The van der Waals surface area contributed by atoms with Gasteiger partial charge in [-0.15, -0.1) is 0 Å².